The number of hydrogen-bond acceptors (Lipinski definition) is 3. The first-order valence-electron chi connectivity index (χ1n) is 10.6. The van der Waals surface area contributed by atoms with Gasteiger partial charge < -0.3 is 10.6 Å². The van der Waals surface area contributed by atoms with E-state index in [0.29, 0.717) is 17.8 Å². The van der Waals surface area contributed by atoms with Gasteiger partial charge in [-0.1, -0.05) is 0 Å². The third-order valence-electron chi connectivity index (χ3n) is 7.49. The van der Waals surface area contributed by atoms with Crippen LogP contribution in [-0.4, -0.2) is 34.8 Å². The molecule has 1 aliphatic heterocycles. The Morgan fingerprint density at radius 2 is 1.73 bits per heavy atom. The van der Waals surface area contributed by atoms with Gasteiger partial charge in [-0.25, -0.2) is 13.6 Å². The predicted molar refractivity (Wildman–Crippen MR) is 103 cm³/mol. The molecule has 0 aromatic heterocycles. The molecule has 1 aromatic carbocycles. The van der Waals surface area contributed by atoms with Crippen LogP contribution in [0.5, 0.6) is 0 Å². The Kier molecular flexibility index (Phi) is 4.21. The molecule has 2 N–H and O–H groups in total. The summed E-state index contributed by atoms with van der Waals surface area (Å²) >= 11 is 0. The molecule has 4 saturated carbocycles. The van der Waals surface area contributed by atoms with Crippen molar-refractivity contribution in [1.82, 2.24) is 15.5 Å². The van der Waals surface area contributed by atoms with Gasteiger partial charge >= 0.3 is 6.03 Å². The summed E-state index contributed by atoms with van der Waals surface area (Å²) in [6.45, 7) is 0.890. The molecular weight excluding hydrogens is 392 g/mol. The normalized spacial score (nSPS) is 36.9. The number of nitrogens with one attached hydrogen (secondary N) is 2. The average Bonchev–Trinajstić information content (AvgIpc) is 2.86. The topological polar surface area (TPSA) is 78.5 Å². The molecule has 6 rings (SSSR count). The number of nitrogens with zero attached hydrogens (tertiary/aromatic N) is 1. The van der Waals surface area contributed by atoms with Crippen molar-refractivity contribution in [1.29, 1.82) is 0 Å². The third-order valence-corrected chi connectivity index (χ3v) is 7.49. The molecule has 6 nitrogen and oxygen atoms in total. The Balaban J connectivity index is 1.32. The average molecular weight is 417 g/mol. The number of hydrogen-bond donors (Lipinski definition) is 2. The van der Waals surface area contributed by atoms with Crippen LogP contribution < -0.4 is 10.6 Å². The van der Waals surface area contributed by atoms with Crippen molar-refractivity contribution in [2.75, 3.05) is 6.54 Å². The molecule has 0 unspecified atom stereocenters. The summed E-state index contributed by atoms with van der Waals surface area (Å²) in [5.74, 6) is -0.727. The van der Waals surface area contributed by atoms with E-state index in [1.165, 1.54) is 26.2 Å². The van der Waals surface area contributed by atoms with E-state index >= 15 is 0 Å². The van der Waals surface area contributed by atoms with E-state index in [-0.39, 0.29) is 17.0 Å². The molecule has 5 fully saturated rings. The van der Waals surface area contributed by atoms with Crippen molar-refractivity contribution in [3.05, 3.63) is 35.4 Å². The Bertz CT molecular complexity index is 914. The first-order chi connectivity index (χ1) is 14.2. The molecule has 1 atom stereocenters. The fourth-order valence-corrected chi connectivity index (χ4v) is 6.65. The molecule has 4 aliphatic carbocycles. The molecule has 0 spiro atoms. The smallest absolute Gasteiger partial charge is 0.325 e. The largest absolute Gasteiger partial charge is 0.349 e. The van der Waals surface area contributed by atoms with Gasteiger partial charge in [0.25, 0.3) is 5.91 Å². The summed E-state index contributed by atoms with van der Waals surface area (Å²) in [7, 11) is 0. The highest BCUT2D eigenvalue weighted by Crippen LogP contribution is 2.55. The maximum absolute atomic E-state index is 14.3. The van der Waals surface area contributed by atoms with Crippen LogP contribution in [0.4, 0.5) is 13.6 Å². The number of amides is 4. The summed E-state index contributed by atoms with van der Waals surface area (Å²) in [6.07, 6.45) is 6.57. The third kappa shape index (κ3) is 2.99. The van der Waals surface area contributed by atoms with Crippen molar-refractivity contribution < 1.29 is 23.2 Å². The van der Waals surface area contributed by atoms with E-state index in [1.807, 2.05) is 0 Å². The molecular formula is C22H25F2N3O3. The zero-order chi connectivity index (χ0) is 21.3. The molecule has 1 heterocycles. The number of carbonyl (C=O) groups excluding carboxylic acids is 3. The molecule has 8 heteroatoms. The molecule has 4 bridgehead atoms. The fraction of sp³-hybridized carbons (Fsp3) is 0.591. The number of rotatable bonds is 4. The highest BCUT2D eigenvalue weighted by Gasteiger charge is 2.53. The van der Waals surface area contributed by atoms with Crippen molar-refractivity contribution in [3.63, 3.8) is 0 Å². The summed E-state index contributed by atoms with van der Waals surface area (Å²) in [4.78, 5) is 39.1. The van der Waals surface area contributed by atoms with Gasteiger partial charge in [0.2, 0.25) is 5.91 Å². The van der Waals surface area contributed by atoms with Crippen molar-refractivity contribution in [2.24, 2.45) is 17.8 Å². The van der Waals surface area contributed by atoms with E-state index < -0.39 is 35.7 Å². The van der Waals surface area contributed by atoms with Crippen LogP contribution in [0.2, 0.25) is 0 Å². The molecule has 30 heavy (non-hydrogen) atoms. The number of imide groups is 1. The second-order valence-electron chi connectivity index (χ2n) is 9.82. The van der Waals surface area contributed by atoms with Crippen molar-refractivity contribution >= 4 is 17.8 Å². The Labute approximate surface area is 173 Å². The van der Waals surface area contributed by atoms with E-state index in [2.05, 4.69) is 10.6 Å². The van der Waals surface area contributed by atoms with Gasteiger partial charge in [0.05, 0.1) is 0 Å². The first-order valence-corrected chi connectivity index (χ1v) is 10.6. The standard InChI is InChI=1S/C22H25F2N3O3/c1-21(16-7-15(23)2-3-17(16)24)19(29)27(20(30)26-21)11-18(28)25-22-8-12-4-13(9-22)6-14(5-12)10-22/h2-3,7,12-14H,4-6,8-11H2,1H3,(H,25,28)(H,26,30)/t12?,13?,14?,21-,22?/m1/s1. The lowest BCUT2D eigenvalue weighted by molar-refractivity contribution is -0.136. The number of urea groups is 1. The van der Waals surface area contributed by atoms with Crippen LogP contribution in [0.1, 0.15) is 51.0 Å². The van der Waals surface area contributed by atoms with Crippen molar-refractivity contribution in [2.45, 2.75) is 56.5 Å². The molecule has 160 valence electrons. The van der Waals surface area contributed by atoms with Crippen LogP contribution in [-0.2, 0) is 15.1 Å². The van der Waals surface area contributed by atoms with Gasteiger partial charge in [-0.2, -0.15) is 0 Å². The highest BCUT2D eigenvalue weighted by atomic mass is 19.1. The Hall–Kier alpha value is -2.51. The SMILES string of the molecule is C[C@]1(c2cc(F)ccc2F)NC(=O)N(CC(=O)NC23CC4CC(CC(C4)C2)C3)C1=O. The molecule has 1 aromatic rings. The lowest BCUT2D eigenvalue weighted by Gasteiger charge is -2.56. The number of carbonyl (C=O) groups is 3. The highest BCUT2D eigenvalue weighted by molar-refractivity contribution is 6.09. The van der Waals surface area contributed by atoms with Gasteiger partial charge in [-0.15, -0.1) is 0 Å². The monoisotopic (exact) mass is 417 g/mol. The lowest BCUT2D eigenvalue weighted by atomic mass is 9.53. The summed E-state index contributed by atoms with van der Waals surface area (Å²) in [5.41, 5.74) is -2.25. The van der Waals surface area contributed by atoms with Gasteiger partial charge in [0, 0.05) is 11.1 Å². The zero-order valence-corrected chi connectivity index (χ0v) is 16.8. The zero-order valence-electron chi connectivity index (χ0n) is 16.8. The van der Waals surface area contributed by atoms with Crippen molar-refractivity contribution in [3.8, 4) is 0 Å². The summed E-state index contributed by atoms with van der Waals surface area (Å²) in [5, 5.41) is 5.56. The first kappa shape index (κ1) is 19.5. The molecule has 4 amide bonds. The van der Waals surface area contributed by atoms with Crippen LogP contribution >= 0.6 is 0 Å². The predicted octanol–water partition coefficient (Wildman–Crippen LogP) is 2.82. The molecule has 5 aliphatic rings. The van der Waals surface area contributed by atoms with Crippen LogP contribution in [0, 0.1) is 29.4 Å². The Morgan fingerprint density at radius 1 is 1.13 bits per heavy atom. The minimum absolute atomic E-state index is 0.233. The van der Waals surface area contributed by atoms with Crippen LogP contribution in [0.25, 0.3) is 0 Å². The molecule has 0 radical (unpaired) electrons. The minimum Gasteiger partial charge on any atom is -0.349 e. The Morgan fingerprint density at radius 3 is 2.33 bits per heavy atom. The number of benzene rings is 1. The van der Waals surface area contributed by atoms with Crippen LogP contribution in [0.3, 0.4) is 0 Å². The van der Waals surface area contributed by atoms with Gasteiger partial charge in [-0.05, 0) is 81.4 Å². The second kappa shape index (κ2) is 6.49. The van der Waals surface area contributed by atoms with E-state index in [0.717, 1.165) is 42.4 Å². The fourth-order valence-electron chi connectivity index (χ4n) is 6.65. The van der Waals surface area contributed by atoms with Gasteiger partial charge in [0.15, 0.2) is 0 Å². The number of halogens is 2. The maximum atomic E-state index is 14.3. The minimum atomic E-state index is -1.76. The van der Waals surface area contributed by atoms with E-state index in [1.54, 1.807) is 0 Å². The van der Waals surface area contributed by atoms with Gasteiger partial charge in [-0.3, -0.25) is 14.5 Å². The van der Waals surface area contributed by atoms with E-state index in [9.17, 15) is 23.2 Å². The second-order valence-corrected chi connectivity index (χ2v) is 9.82. The van der Waals surface area contributed by atoms with Gasteiger partial charge in [0.1, 0.15) is 23.7 Å². The molecule has 1 saturated heterocycles. The lowest BCUT2D eigenvalue weighted by Crippen LogP contribution is -2.61. The van der Waals surface area contributed by atoms with Crippen LogP contribution in [0.15, 0.2) is 18.2 Å². The summed E-state index contributed by atoms with van der Waals surface area (Å²) in [6, 6.07) is 1.97. The maximum Gasteiger partial charge on any atom is 0.325 e. The summed E-state index contributed by atoms with van der Waals surface area (Å²) < 4.78 is 27.9. The quantitative estimate of drug-likeness (QED) is 0.740. The van der Waals surface area contributed by atoms with E-state index in [4.69, 9.17) is 0 Å².